The summed E-state index contributed by atoms with van der Waals surface area (Å²) in [4.78, 5) is 38.5. The van der Waals surface area contributed by atoms with Crippen molar-refractivity contribution in [3.8, 4) is 11.1 Å². The van der Waals surface area contributed by atoms with Crippen LogP contribution in [0.1, 0.15) is 50.7 Å². The SMILES string of the molecule is CC1C(C(=O)O)CCN1C(=O)C(C)(C)CCNC(=O)OCC1c2ccccc2-c2ccccc21. The molecule has 0 radical (unpaired) electrons. The molecule has 2 aromatic carbocycles. The fourth-order valence-electron chi connectivity index (χ4n) is 5.18. The molecular weight excluding hydrogens is 432 g/mol. The minimum Gasteiger partial charge on any atom is -0.481 e. The lowest BCUT2D eigenvalue weighted by molar-refractivity contribution is -0.145. The summed E-state index contributed by atoms with van der Waals surface area (Å²) in [6.45, 7) is 6.42. The van der Waals surface area contributed by atoms with Crippen LogP contribution in [0.25, 0.3) is 11.1 Å². The molecule has 7 heteroatoms. The monoisotopic (exact) mass is 464 g/mol. The number of hydrogen-bond donors (Lipinski definition) is 2. The molecule has 1 heterocycles. The first-order valence-corrected chi connectivity index (χ1v) is 11.8. The summed E-state index contributed by atoms with van der Waals surface area (Å²) in [7, 11) is 0. The summed E-state index contributed by atoms with van der Waals surface area (Å²) in [5.41, 5.74) is 3.94. The van der Waals surface area contributed by atoms with Crippen molar-refractivity contribution in [1.29, 1.82) is 0 Å². The van der Waals surface area contributed by atoms with Gasteiger partial charge in [0.15, 0.2) is 0 Å². The standard InChI is InChI=1S/C27H32N2O5/c1-17-18(24(30)31)12-15-29(17)25(32)27(2,3)13-14-28-26(33)34-16-23-21-10-6-4-8-19(21)20-9-5-7-11-22(20)23/h4-11,17-18,23H,12-16H2,1-3H3,(H,28,33)(H,30,31). The molecule has 1 saturated heterocycles. The summed E-state index contributed by atoms with van der Waals surface area (Å²) < 4.78 is 5.56. The van der Waals surface area contributed by atoms with Gasteiger partial charge in [0.2, 0.25) is 5.91 Å². The van der Waals surface area contributed by atoms with Gasteiger partial charge in [0.25, 0.3) is 0 Å². The highest BCUT2D eigenvalue weighted by atomic mass is 16.5. The van der Waals surface area contributed by atoms with Crippen LogP contribution in [-0.2, 0) is 14.3 Å². The molecule has 2 N–H and O–H groups in total. The first kappa shape index (κ1) is 23.8. The summed E-state index contributed by atoms with van der Waals surface area (Å²) in [5, 5.41) is 12.1. The molecule has 34 heavy (non-hydrogen) atoms. The Hall–Kier alpha value is -3.35. The second kappa shape index (κ2) is 9.49. The third-order valence-corrected chi connectivity index (χ3v) is 7.27. The molecular formula is C27H32N2O5. The Morgan fingerprint density at radius 2 is 1.65 bits per heavy atom. The van der Waals surface area contributed by atoms with Crippen LogP contribution in [0.4, 0.5) is 4.79 Å². The minimum absolute atomic E-state index is 0.00463. The second-order valence-electron chi connectivity index (χ2n) is 9.86. The van der Waals surface area contributed by atoms with Crippen molar-refractivity contribution < 1.29 is 24.2 Å². The summed E-state index contributed by atoms with van der Waals surface area (Å²) >= 11 is 0. The first-order valence-electron chi connectivity index (χ1n) is 11.8. The third kappa shape index (κ3) is 4.52. The number of fused-ring (bicyclic) bond motifs is 3. The zero-order chi connectivity index (χ0) is 24.5. The third-order valence-electron chi connectivity index (χ3n) is 7.27. The number of aliphatic carboxylic acids is 1. The van der Waals surface area contributed by atoms with E-state index >= 15 is 0 Å². The number of nitrogens with one attached hydrogen (secondary N) is 1. The van der Waals surface area contributed by atoms with Crippen molar-refractivity contribution in [2.24, 2.45) is 11.3 Å². The van der Waals surface area contributed by atoms with Crippen molar-refractivity contribution in [2.75, 3.05) is 19.7 Å². The minimum atomic E-state index is -0.863. The number of ether oxygens (including phenoxy) is 1. The van der Waals surface area contributed by atoms with Crippen LogP contribution in [0, 0.1) is 11.3 Å². The van der Waals surface area contributed by atoms with Crippen molar-refractivity contribution in [2.45, 2.75) is 45.6 Å². The van der Waals surface area contributed by atoms with Crippen LogP contribution in [0.15, 0.2) is 48.5 Å². The number of carbonyl (C=O) groups excluding carboxylic acids is 2. The fraction of sp³-hybridized carbons (Fsp3) is 0.444. The molecule has 2 atom stereocenters. The molecule has 1 aliphatic carbocycles. The van der Waals surface area contributed by atoms with Crippen molar-refractivity contribution in [3.05, 3.63) is 59.7 Å². The van der Waals surface area contributed by atoms with E-state index in [2.05, 4.69) is 29.6 Å². The van der Waals surface area contributed by atoms with Gasteiger partial charge in [-0.25, -0.2) is 4.79 Å². The van der Waals surface area contributed by atoms with Gasteiger partial charge >= 0.3 is 12.1 Å². The van der Waals surface area contributed by atoms with E-state index < -0.39 is 23.4 Å². The van der Waals surface area contributed by atoms with Gasteiger partial charge in [0, 0.05) is 30.5 Å². The van der Waals surface area contributed by atoms with Crippen LogP contribution < -0.4 is 5.32 Å². The molecule has 180 valence electrons. The summed E-state index contributed by atoms with van der Waals surface area (Å²) in [5.74, 6) is -1.48. The molecule has 0 aromatic heterocycles. The average Bonchev–Trinajstić information content (AvgIpc) is 3.35. The molecule has 0 spiro atoms. The Morgan fingerprint density at radius 3 is 2.21 bits per heavy atom. The van der Waals surface area contributed by atoms with E-state index in [9.17, 15) is 19.5 Å². The average molecular weight is 465 g/mol. The molecule has 0 saturated carbocycles. The number of alkyl carbamates (subject to hydrolysis) is 1. The summed E-state index contributed by atoms with van der Waals surface area (Å²) in [6, 6.07) is 16.0. The predicted octanol–water partition coefficient (Wildman–Crippen LogP) is 4.26. The number of carbonyl (C=O) groups is 3. The normalized spacial score (nSPS) is 19.4. The zero-order valence-electron chi connectivity index (χ0n) is 19.9. The van der Waals surface area contributed by atoms with E-state index in [0.29, 0.717) is 25.9 Å². The number of hydrogen-bond acceptors (Lipinski definition) is 4. The highest BCUT2D eigenvalue weighted by Crippen LogP contribution is 2.44. The lowest BCUT2D eigenvalue weighted by Crippen LogP contribution is -2.45. The predicted molar refractivity (Wildman–Crippen MR) is 128 cm³/mol. The zero-order valence-corrected chi connectivity index (χ0v) is 19.9. The lowest BCUT2D eigenvalue weighted by atomic mass is 9.87. The van der Waals surface area contributed by atoms with Gasteiger partial charge in [0.05, 0.1) is 5.92 Å². The maximum atomic E-state index is 13.0. The molecule has 4 rings (SSSR count). The highest BCUT2D eigenvalue weighted by molar-refractivity contribution is 5.84. The van der Waals surface area contributed by atoms with Gasteiger partial charge in [-0.15, -0.1) is 0 Å². The van der Waals surface area contributed by atoms with Crippen molar-refractivity contribution in [3.63, 3.8) is 0 Å². The van der Waals surface area contributed by atoms with E-state index in [1.165, 1.54) is 11.1 Å². The molecule has 2 aliphatic rings. The lowest BCUT2D eigenvalue weighted by Gasteiger charge is -2.32. The number of benzene rings is 2. The van der Waals surface area contributed by atoms with Gasteiger partial charge < -0.3 is 20.1 Å². The number of likely N-dealkylation sites (tertiary alicyclic amines) is 1. The second-order valence-corrected chi connectivity index (χ2v) is 9.86. The molecule has 2 amide bonds. The molecule has 1 fully saturated rings. The number of rotatable bonds is 7. The van der Waals surface area contributed by atoms with Gasteiger partial charge in [0.1, 0.15) is 6.61 Å². The van der Waals surface area contributed by atoms with Crippen LogP contribution in [0.5, 0.6) is 0 Å². The molecule has 0 bridgehead atoms. The van der Waals surface area contributed by atoms with E-state index in [0.717, 1.165) is 11.1 Å². The van der Waals surface area contributed by atoms with Crippen LogP contribution in [0.3, 0.4) is 0 Å². The molecule has 2 unspecified atom stereocenters. The van der Waals surface area contributed by atoms with Crippen LogP contribution in [0.2, 0.25) is 0 Å². The Labute approximate surface area is 200 Å². The van der Waals surface area contributed by atoms with Crippen LogP contribution >= 0.6 is 0 Å². The highest BCUT2D eigenvalue weighted by Gasteiger charge is 2.42. The quantitative estimate of drug-likeness (QED) is 0.638. The molecule has 7 nitrogen and oxygen atoms in total. The van der Waals surface area contributed by atoms with E-state index in [1.54, 1.807) is 11.8 Å². The summed E-state index contributed by atoms with van der Waals surface area (Å²) in [6.07, 6.45) is 0.387. The van der Waals surface area contributed by atoms with Crippen molar-refractivity contribution >= 4 is 18.0 Å². The number of carboxylic acid groups (broad SMARTS) is 1. The Kier molecular flexibility index (Phi) is 6.64. The smallest absolute Gasteiger partial charge is 0.407 e. The van der Waals surface area contributed by atoms with E-state index in [1.807, 2.05) is 38.1 Å². The topological polar surface area (TPSA) is 95.9 Å². The molecule has 1 aliphatic heterocycles. The number of nitrogens with zero attached hydrogens (tertiary/aromatic N) is 1. The fourth-order valence-corrected chi connectivity index (χ4v) is 5.18. The Morgan fingerprint density at radius 1 is 1.06 bits per heavy atom. The molecule has 2 aromatic rings. The van der Waals surface area contributed by atoms with Crippen LogP contribution in [-0.4, -0.2) is 53.7 Å². The van der Waals surface area contributed by atoms with Gasteiger partial charge in [-0.1, -0.05) is 62.4 Å². The van der Waals surface area contributed by atoms with Gasteiger partial charge in [-0.05, 0) is 42.0 Å². The Bertz CT molecular complexity index is 1050. The maximum absolute atomic E-state index is 13.0. The van der Waals surface area contributed by atoms with Gasteiger partial charge in [-0.3, -0.25) is 9.59 Å². The Balaban J connectivity index is 1.29. The van der Waals surface area contributed by atoms with E-state index in [4.69, 9.17) is 4.74 Å². The maximum Gasteiger partial charge on any atom is 0.407 e. The first-order chi connectivity index (χ1) is 16.2. The number of amides is 2. The number of carboxylic acids is 1. The van der Waals surface area contributed by atoms with Crippen molar-refractivity contribution in [1.82, 2.24) is 10.2 Å². The van der Waals surface area contributed by atoms with E-state index in [-0.39, 0.29) is 24.5 Å². The van der Waals surface area contributed by atoms with Gasteiger partial charge in [-0.2, -0.15) is 0 Å². The largest absolute Gasteiger partial charge is 0.481 e.